The summed E-state index contributed by atoms with van der Waals surface area (Å²) in [5.41, 5.74) is 0.665. The van der Waals surface area contributed by atoms with Crippen LogP contribution in [0.4, 0.5) is 4.79 Å². The molecule has 4 rings (SSSR count). The van der Waals surface area contributed by atoms with Gasteiger partial charge < -0.3 is 4.74 Å². The largest absolute Gasteiger partial charge is 0.444 e. The number of nitriles is 1. The zero-order chi connectivity index (χ0) is 16.7. The first kappa shape index (κ1) is 15.9. The van der Waals surface area contributed by atoms with Crippen molar-refractivity contribution < 1.29 is 9.53 Å². The fraction of sp³-hybridized carbons (Fsp3) is 0.579. The van der Waals surface area contributed by atoms with Crippen LogP contribution in [0.25, 0.3) is 0 Å². The van der Waals surface area contributed by atoms with Crippen LogP contribution < -0.4 is 0 Å². The van der Waals surface area contributed by atoms with Gasteiger partial charge in [-0.3, -0.25) is 4.90 Å². The number of nitrogens with zero attached hydrogens (tertiary/aromatic N) is 2. The predicted octanol–water partition coefficient (Wildman–Crippen LogP) is 4.26. The van der Waals surface area contributed by atoms with Gasteiger partial charge in [0.2, 0.25) is 0 Å². The van der Waals surface area contributed by atoms with Crippen LogP contribution in [0.5, 0.6) is 0 Å². The summed E-state index contributed by atoms with van der Waals surface area (Å²) in [6.07, 6.45) is 3.15. The maximum Gasteiger partial charge on any atom is 0.411 e. The maximum atomic E-state index is 12.7. The molecule has 0 atom stereocenters. The molecule has 0 aromatic heterocycles. The molecular formula is C19H24N2O2. The second kappa shape index (κ2) is 5.26. The molecule has 0 N–H and O–H groups in total. The number of rotatable bonds is 4. The number of hydrogen-bond acceptors (Lipinski definition) is 3. The first-order chi connectivity index (χ1) is 10.8. The second-order valence-corrected chi connectivity index (χ2v) is 8.14. The standard InChI is InChI=1S/C19H24N2O2/c1-17(2,3)23-16(22)21(11-15-7-5-4-6-8-15)19-12-18(13-19,14-19)9-10-20/h4-8H,9,11-14H2,1-3H3. The quantitative estimate of drug-likeness (QED) is 0.834. The van der Waals surface area contributed by atoms with Crippen molar-refractivity contribution in [3.63, 3.8) is 0 Å². The van der Waals surface area contributed by atoms with Gasteiger partial charge in [0.05, 0.1) is 6.07 Å². The monoisotopic (exact) mass is 312 g/mol. The molecular weight excluding hydrogens is 288 g/mol. The van der Waals surface area contributed by atoms with Crippen LogP contribution in [0, 0.1) is 16.7 Å². The molecule has 0 spiro atoms. The second-order valence-electron chi connectivity index (χ2n) is 8.14. The highest BCUT2D eigenvalue weighted by molar-refractivity contribution is 5.70. The van der Waals surface area contributed by atoms with Gasteiger partial charge in [-0.1, -0.05) is 30.3 Å². The number of ether oxygens (including phenoxy) is 1. The van der Waals surface area contributed by atoms with Gasteiger partial charge in [0.25, 0.3) is 0 Å². The van der Waals surface area contributed by atoms with Gasteiger partial charge in [0.15, 0.2) is 0 Å². The highest BCUT2D eigenvalue weighted by Crippen LogP contribution is 2.71. The van der Waals surface area contributed by atoms with Crippen molar-refractivity contribution in [3.8, 4) is 6.07 Å². The topological polar surface area (TPSA) is 53.3 Å². The number of amides is 1. The lowest BCUT2D eigenvalue weighted by atomic mass is 9.38. The molecule has 122 valence electrons. The third-order valence-electron chi connectivity index (χ3n) is 4.94. The van der Waals surface area contributed by atoms with Gasteiger partial charge in [-0.15, -0.1) is 0 Å². The molecule has 3 saturated carbocycles. The maximum absolute atomic E-state index is 12.7. The van der Waals surface area contributed by atoms with Gasteiger partial charge >= 0.3 is 6.09 Å². The molecule has 23 heavy (non-hydrogen) atoms. The Kier molecular flexibility index (Phi) is 3.63. The zero-order valence-electron chi connectivity index (χ0n) is 14.1. The van der Waals surface area contributed by atoms with Crippen LogP contribution in [0.3, 0.4) is 0 Å². The first-order valence-corrected chi connectivity index (χ1v) is 8.19. The van der Waals surface area contributed by atoms with Crippen LogP contribution in [0.2, 0.25) is 0 Å². The molecule has 0 saturated heterocycles. The van der Waals surface area contributed by atoms with Crippen molar-refractivity contribution in [2.24, 2.45) is 5.41 Å². The summed E-state index contributed by atoms with van der Waals surface area (Å²) in [7, 11) is 0. The molecule has 2 bridgehead atoms. The van der Waals surface area contributed by atoms with E-state index < -0.39 is 5.60 Å². The van der Waals surface area contributed by atoms with Crippen molar-refractivity contribution >= 4 is 6.09 Å². The zero-order valence-corrected chi connectivity index (χ0v) is 14.1. The van der Waals surface area contributed by atoms with Crippen LogP contribution in [0.15, 0.2) is 30.3 Å². The van der Waals surface area contributed by atoms with E-state index in [9.17, 15) is 4.79 Å². The lowest BCUT2D eigenvalue weighted by molar-refractivity contribution is -0.211. The number of carbonyl (C=O) groups is 1. The molecule has 3 fully saturated rings. The van der Waals surface area contributed by atoms with Gasteiger partial charge in [0, 0.05) is 18.5 Å². The van der Waals surface area contributed by atoms with Crippen molar-refractivity contribution in [2.75, 3.05) is 0 Å². The summed E-state index contributed by atoms with van der Waals surface area (Å²) in [6.45, 7) is 6.25. The van der Waals surface area contributed by atoms with Gasteiger partial charge in [-0.2, -0.15) is 5.26 Å². The number of hydrogen-bond donors (Lipinski definition) is 0. The molecule has 0 heterocycles. The van der Waals surface area contributed by atoms with E-state index >= 15 is 0 Å². The van der Waals surface area contributed by atoms with Crippen LogP contribution in [-0.2, 0) is 11.3 Å². The minimum absolute atomic E-state index is 0.102. The van der Waals surface area contributed by atoms with E-state index in [4.69, 9.17) is 10.00 Å². The van der Waals surface area contributed by atoms with Crippen molar-refractivity contribution in [3.05, 3.63) is 35.9 Å². The Bertz CT molecular complexity index is 620. The summed E-state index contributed by atoms with van der Waals surface area (Å²) in [5.74, 6) is 0. The third kappa shape index (κ3) is 2.93. The third-order valence-corrected chi connectivity index (χ3v) is 4.94. The summed E-state index contributed by atoms with van der Waals surface area (Å²) < 4.78 is 5.63. The molecule has 1 aromatic rings. The summed E-state index contributed by atoms with van der Waals surface area (Å²) in [4.78, 5) is 14.6. The predicted molar refractivity (Wildman–Crippen MR) is 87.5 cm³/mol. The molecule has 4 nitrogen and oxygen atoms in total. The van der Waals surface area contributed by atoms with Gasteiger partial charge in [-0.05, 0) is 51.0 Å². The molecule has 0 aliphatic heterocycles. The van der Waals surface area contributed by atoms with Crippen LogP contribution in [0.1, 0.15) is 52.0 Å². The van der Waals surface area contributed by atoms with E-state index in [1.165, 1.54) is 0 Å². The van der Waals surface area contributed by atoms with E-state index in [1.54, 1.807) is 0 Å². The Hall–Kier alpha value is -2.02. The Labute approximate surface area is 138 Å². The summed E-state index contributed by atoms with van der Waals surface area (Å²) >= 11 is 0. The summed E-state index contributed by atoms with van der Waals surface area (Å²) in [5, 5.41) is 8.96. The van der Waals surface area contributed by atoms with Crippen molar-refractivity contribution in [1.82, 2.24) is 4.90 Å². The fourth-order valence-electron chi connectivity index (χ4n) is 4.09. The van der Waals surface area contributed by atoms with E-state index in [-0.39, 0.29) is 17.0 Å². The van der Waals surface area contributed by atoms with E-state index in [0.29, 0.717) is 13.0 Å². The number of carbonyl (C=O) groups excluding carboxylic acids is 1. The normalized spacial score (nSPS) is 28.1. The average Bonchev–Trinajstić information content (AvgIpc) is 2.38. The highest BCUT2D eigenvalue weighted by Gasteiger charge is 2.71. The summed E-state index contributed by atoms with van der Waals surface area (Å²) in [6, 6.07) is 12.3. The Morgan fingerprint density at radius 3 is 2.39 bits per heavy atom. The molecule has 0 radical (unpaired) electrons. The molecule has 3 aliphatic rings. The minimum atomic E-state index is -0.500. The molecule has 1 amide bonds. The fourth-order valence-corrected chi connectivity index (χ4v) is 4.09. The average molecular weight is 312 g/mol. The minimum Gasteiger partial charge on any atom is -0.444 e. The highest BCUT2D eigenvalue weighted by atomic mass is 16.6. The molecule has 0 unspecified atom stereocenters. The lowest BCUT2D eigenvalue weighted by Gasteiger charge is -2.73. The number of benzene rings is 1. The Morgan fingerprint density at radius 2 is 1.87 bits per heavy atom. The van der Waals surface area contributed by atoms with Gasteiger partial charge in [0.1, 0.15) is 5.60 Å². The Balaban J connectivity index is 1.76. The van der Waals surface area contributed by atoms with E-state index in [2.05, 4.69) is 6.07 Å². The lowest BCUT2D eigenvalue weighted by Crippen LogP contribution is -2.75. The molecule has 4 heteroatoms. The Morgan fingerprint density at radius 1 is 1.26 bits per heavy atom. The first-order valence-electron chi connectivity index (χ1n) is 8.19. The molecule has 1 aromatic carbocycles. The van der Waals surface area contributed by atoms with Crippen LogP contribution >= 0.6 is 0 Å². The van der Waals surface area contributed by atoms with Crippen molar-refractivity contribution in [2.45, 2.75) is 64.1 Å². The van der Waals surface area contributed by atoms with E-state index in [1.807, 2.05) is 56.0 Å². The SMILES string of the molecule is CC(C)(C)OC(=O)N(Cc1ccccc1)C12CC(CC#N)(C1)C2. The van der Waals surface area contributed by atoms with E-state index in [0.717, 1.165) is 24.8 Å². The van der Waals surface area contributed by atoms with Crippen molar-refractivity contribution in [1.29, 1.82) is 5.26 Å². The van der Waals surface area contributed by atoms with Crippen LogP contribution in [-0.4, -0.2) is 22.1 Å². The smallest absolute Gasteiger partial charge is 0.411 e. The molecule has 3 aliphatic carbocycles. The van der Waals surface area contributed by atoms with Gasteiger partial charge in [-0.25, -0.2) is 4.79 Å².